The van der Waals surface area contributed by atoms with E-state index in [-0.39, 0.29) is 0 Å². The highest BCUT2D eigenvalue weighted by Crippen LogP contribution is 2.21. The number of hydrogen-bond donors (Lipinski definition) is 1. The van der Waals surface area contributed by atoms with Crippen molar-refractivity contribution < 1.29 is 14.6 Å². The van der Waals surface area contributed by atoms with Crippen molar-refractivity contribution in [2.45, 2.75) is 13.0 Å². The highest BCUT2D eigenvalue weighted by molar-refractivity contribution is 6.31. The van der Waals surface area contributed by atoms with Gasteiger partial charge in [-0.05, 0) is 30.7 Å². The van der Waals surface area contributed by atoms with Crippen molar-refractivity contribution >= 4 is 11.6 Å². The van der Waals surface area contributed by atoms with Gasteiger partial charge in [-0.15, -0.1) is 0 Å². The Bertz CT molecular complexity index is 408. The number of morpholine rings is 1. The maximum Gasteiger partial charge on any atom is 0.119 e. The summed E-state index contributed by atoms with van der Waals surface area (Å²) >= 11 is 5.95. The molecule has 1 atom stereocenters. The predicted molar refractivity (Wildman–Crippen MR) is 74.9 cm³/mol. The summed E-state index contributed by atoms with van der Waals surface area (Å²) in [6.07, 6.45) is -0.492. The van der Waals surface area contributed by atoms with Crippen LogP contribution >= 0.6 is 11.6 Å². The molecule has 0 spiro atoms. The van der Waals surface area contributed by atoms with Crippen molar-refractivity contribution in [1.29, 1.82) is 0 Å². The Morgan fingerprint density at radius 3 is 2.84 bits per heavy atom. The highest BCUT2D eigenvalue weighted by atomic mass is 35.5. The smallest absolute Gasteiger partial charge is 0.119 e. The Morgan fingerprint density at radius 2 is 2.16 bits per heavy atom. The zero-order valence-corrected chi connectivity index (χ0v) is 11.9. The Hall–Kier alpha value is -0.810. The number of aliphatic hydroxyl groups excluding tert-OH is 1. The molecule has 0 aliphatic carbocycles. The van der Waals surface area contributed by atoms with Crippen molar-refractivity contribution in [3.05, 3.63) is 28.8 Å². The number of hydrogen-bond acceptors (Lipinski definition) is 4. The second-order valence-electron chi connectivity index (χ2n) is 4.79. The van der Waals surface area contributed by atoms with Crippen LogP contribution in [0.15, 0.2) is 18.2 Å². The summed E-state index contributed by atoms with van der Waals surface area (Å²) in [7, 11) is 0. The van der Waals surface area contributed by atoms with Gasteiger partial charge in [0.1, 0.15) is 18.5 Å². The number of nitrogens with zero attached hydrogens (tertiary/aromatic N) is 1. The van der Waals surface area contributed by atoms with E-state index in [1.165, 1.54) is 0 Å². The molecule has 5 heteroatoms. The Kier molecular flexibility index (Phi) is 5.45. The lowest BCUT2D eigenvalue weighted by Crippen LogP contribution is -2.42. The molecule has 1 heterocycles. The van der Waals surface area contributed by atoms with Crippen LogP contribution in [0.2, 0.25) is 5.02 Å². The summed E-state index contributed by atoms with van der Waals surface area (Å²) in [6.45, 7) is 6.07. The molecule has 0 aromatic heterocycles. The lowest BCUT2D eigenvalue weighted by molar-refractivity contribution is 0.00465. The predicted octanol–water partition coefficient (Wildman–Crippen LogP) is 1.72. The summed E-state index contributed by atoms with van der Waals surface area (Å²) in [6, 6.07) is 5.50. The van der Waals surface area contributed by atoms with E-state index in [4.69, 9.17) is 21.1 Å². The fourth-order valence-corrected chi connectivity index (χ4v) is 2.15. The van der Waals surface area contributed by atoms with Crippen LogP contribution in [-0.4, -0.2) is 55.6 Å². The highest BCUT2D eigenvalue weighted by Gasteiger charge is 2.15. The van der Waals surface area contributed by atoms with Crippen LogP contribution < -0.4 is 4.74 Å². The molecule has 1 fully saturated rings. The van der Waals surface area contributed by atoms with Crippen molar-refractivity contribution in [3.63, 3.8) is 0 Å². The molecule has 0 amide bonds. The molecular weight excluding hydrogens is 266 g/mol. The van der Waals surface area contributed by atoms with Gasteiger partial charge in [0.15, 0.2) is 0 Å². The van der Waals surface area contributed by atoms with Crippen LogP contribution in [0.5, 0.6) is 5.75 Å². The van der Waals surface area contributed by atoms with Gasteiger partial charge in [-0.1, -0.05) is 11.6 Å². The molecule has 0 radical (unpaired) electrons. The monoisotopic (exact) mass is 285 g/mol. The molecule has 19 heavy (non-hydrogen) atoms. The first kappa shape index (κ1) is 14.6. The van der Waals surface area contributed by atoms with Gasteiger partial charge < -0.3 is 14.6 Å². The maximum atomic E-state index is 9.95. The maximum absolute atomic E-state index is 9.95. The molecule has 1 aliphatic heterocycles. The number of halogens is 1. The molecule has 1 aromatic carbocycles. The minimum atomic E-state index is -0.492. The van der Waals surface area contributed by atoms with Gasteiger partial charge in [0.25, 0.3) is 0 Å². The molecule has 2 rings (SSSR count). The van der Waals surface area contributed by atoms with E-state index >= 15 is 0 Å². The summed E-state index contributed by atoms with van der Waals surface area (Å²) in [5, 5.41) is 10.7. The molecule has 1 N–H and O–H groups in total. The summed E-state index contributed by atoms with van der Waals surface area (Å²) < 4.78 is 10.8. The molecule has 0 bridgehead atoms. The van der Waals surface area contributed by atoms with E-state index in [0.29, 0.717) is 13.2 Å². The van der Waals surface area contributed by atoms with E-state index in [1.807, 2.05) is 19.1 Å². The van der Waals surface area contributed by atoms with Crippen LogP contribution in [0.1, 0.15) is 5.56 Å². The van der Waals surface area contributed by atoms with Crippen molar-refractivity contribution in [2.24, 2.45) is 0 Å². The molecule has 106 valence electrons. The van der Waals surface area contributed by atoms with E-state index in [2.05, 4.69) is 4.90 Å². The lowest BCUT2D eigenvalue weighted by atomic mass is 10.2. The normalized spacial score (nSPS) is 18.3. The topological polar surface area (TPSA) is 41.9 Å². The van der Waals surface area contributed by atoms with Crippen molar-refractivity contribution in [3.8, 4) is 5.75 Å². The summed E-state index contributed by atoms with van der Waals surface area (Å²) in [5.74, 6) is 0.739. The summed E-state index contributed by atoms with van der Waals surface area (Å²) in [5.41, 5.74) is 0.974. The van der Waals surface area contributed by atoms with Gasteiger partial charge in [0.2, 0.25) is 0 Å². The quantitative estimate of drug-likeness (QED) is 0.894. The SMILES string of the molecule is Cc1cc(OC[C@H](O)CN2CCOCC2)ccc1Cl. The number of ether oxygens (including phenoxy) is 2. The first-order valence-corrected chi connectivity index (χ1v) is 6.90. The van der Waals surface area contributed by atoms with Crippen LogP contribution in [0, 0.1) is 6.92 Å². The Balaban J connectivity index is 1.75. The van der Waals surface area contributed by atoms with E-state index in [1.54, 1.807) is 6.07 Å². The average molecular weight is 286 g/mol. The first-order valence-electron chi connectivity index (χ1n) is 6.52. The minimum Gasteiger partial charge on any atom is -0.491 e. The zero-order chi connectivity index (χ0) is 13.7. The van der Waals surface area contributed by atoms with E-state index in [0.717, 1.165) is 42.6 Å². The van der Waals surface area contributed by atoms with Crippen LogP contribution in [-0.2, 0) is 4.74 Å². The summed E-state index contributed by atoms with van der Waals surface area (Å²) in [4.78, 5) is 2.19. The number of β-amino-alcohol motifs (C(OH)–C–C–N with tert-alkyl or cyclic N) is 1. The van der Waals surface area contributed by atoms with Gasteiger partial charge in [0.05, 0.1) is 13.2 Å². The standard InChI is InChI=1S/C14H20ClNO3/c1-11-8-13(2-3-14(11)15)19-10-12(17)9-16-4-6-18-7-5-16/h2-3,8,12,17H,4-7,9-10H2,1H3/t12-/m1/s1. The second kappa shape index (κ2) is 7.10. The first-order chi connectivity index (χ1) is 9.15. The number of benzene rings is 1. The molecule has 0 unspecified atom stereocenters. The van der Waals surface area contributed by atoms with E-state index < -0.39 is 6.10 Å². The second-order valence-corrected chi connectivity index (χ2v) is 5.20. The third-order valence-electron chi connectivity index (χ3n) is 3.14. The number of aryl methyl sites for hydroxylation is 1. The third-order valence-corrected chi connectivity index (χ3v) is 3.57. The van der Waals surface area contributed by atoms with E-state index in [9.17, 15) is 5.11 Å². The van der Waals surface area contributed by atoms with Crippen LogP contribution in [0.4, 0.5) is 0 Å². The number of rotatable bonds is 5. The fourth-order valence-electron chi connectivity index (χ4n) is 2.03. The molecule has 0 saturated carbocycles. The van der Waals surface area contributed by atoms with Gasteiger partial charge in [0, 0.05) is 24.7 Å². The molecule has 1 saturated heterocycles. The van der Waals surface area contributed by atoms with Gasteiger partial charge in [-0.2, -0.15) is 0 Å². The van der Waals surface area contributed by atoms with Crippen LogP contribution in [0.25, 0.3) is 0 Å². The molecule has 1 aliphatic rings. The number of aliphatic hydroxyl groups is 1. The Morgan fingerprint density at radius 1 is 1.42 bits per heavy atom. The van der Waals surface area contributed by atoms with Crippen molar-refractivity contribution in [2.75, 3.05) is 39.5 Å². The Labute approximate surface area is 118 Å². The third kappa shape index (κ3) is 4.66. The largest absolute Gasteiger partial charge is 0.491 e. The van der Waals surface area contributed by atoms with Gasteiger partial charge >= 0.3 is 0 Å². The van der Waals surface area contributed by atoms with Crippen LogP contribution in [0.3, 0.4) is 0 Å². The molecular formula is C14H20ClNO3. The minimum absolute atomic E-state index is 0.290. The fraction of sp³-hybridized carbons (Fsp3) is 0.571. The lowest BCUT2D eigenvalue weighted by Gasteiger charge is -2.28. The van der Waals surface area contributed by atoms with Gasteiger partial charge in [-0.25, -0.2) is 0 Å². The zero-order valence-electron chi connectivity index (χ0n) is 11.1. The molecule has 4 nitrogen and oxygen atoms in total. The van der Waals surface area contributed by atoms with Gasteiger partial charge in [-0.3, -0.25) is 4.90 Å². The average Bonchev–Trinajstić information content (AvgIpc) is 2.41. The van der Waals surface area contributed by atoms with Crippen molar-refractivity contribution in [1.82, 2.24) is 4.90 Å². The molecule has 1 aromatic rings.